The Morgan fingerprint density at radius 1 is 1.40 bits per heavy atom. The van der Waals surface area contributed by atoms with Crippen molar-refractivity contribution < 1.29 is 0 Å². The molecule has 3 nitrogen and oxygen atoms in total. The van der Waals surface area contributed by atoms with Gasteiger partial charge in [0.1, 0.15) is 0 Å². The van der Waals surface area contributed by atoms with Crippen molar-refractivity contribution in [3.8, 4) is 0 Å². The lowest BCUT2D eigenvalue weighted by Crippen LogP contribution is -2.23. The highest BCUT2D eigenvalue weighted by Gasteiger charge is 2.08. The van der Waals surface area contributed by atoms with Gasteiger partial charge >= 0.3 is 0 Å². The van der Waals surface area contributed by atoms with Crippen LogP contribution in [0.25, 0.3) is 0 Å². The van der Waals surface area contributed by atoms with Crippen LogP contribution in [0.5, 0.6) is 0 Å². The molecule has 0 saturated heterocycles. The first-order valence-electron chi connectivity index (χ1n) is 5.57. The summed E-state index contributed by atoms with van der Waals surface area (Å²) in [5, 5.41) is 11.3. The van der Waals surface area contributed by atoms with E-state index in [1.807, 2.05) is 12.1 Å². The average Bonchev–Trinajstić information content (AvgIpc) is 2.32. The summed E-state index contributed by atoms with van der Waals surface area (Å²) in [6.45, 7) is 1.91. The molecule has 0 bridgehead atoms. The van der Waals surface area contributed by atoms with Crippen molar-refractivity contribution >= 4 is 0 Å². The second-order valence-corrected chi connectivity index (χ2v) is 4.00. The molecule has 1 atom stereocenters. The first-order valence-corrected chi connectivity index (χ1v) is 5.57. The highest BCUT2D eigenvalue weighted by atomic mass is 15.1. The van der Waals surface area contributed by atoms with E-state index in [9.17, 15) is 0 Å². The maximum atomic E-state index is 4.03. The van der Waals surface area contributed by atoms with E-state index in [0.717, 1.165) is 24.7 Å². The fourth-order valence-corrected chi connectivity index (χ4v) is 1.87. The van der Waals surface area contributed by atoms with Crippen molar-refractivity contribution in [1.82, 2.24) is 15.5 Å². The minimum absolute atomic E-state index is 0.798. The van der Waals surface area contributed by atoms with Crippen molar-refractivity contribution in [2.45, 2.75) is 25.8 Å². The molecule has 0 saturated carbocycles. The van der Waals surface area contributed by atoms with E-state index in [4.69, 9.17) is 0 Å². The first-order chi connectivity index (χ1) is 7.45. The molecule has 1 heterocycles. The molecule has 1 aromatic heterocycles. The van der Waals surface area contributed by atoms with Gasteiger partial charge < -0.3 is 5.32 Å². The highest BCUT2D eigenvalue weighted by molar-refractivity contribution is 4.98. The van der Waals surface area contributed by atoms with E-state index in [-0.39, 0.29) is 0 Å². The zero-order chi connectivity index (χ0) is 10.3. The third-order valence-corrected chi connectivity index (χ3v) is 2.74. The zero-order valence-electron chi connectivity index (χ0n) is 8.89. The normalized spacial score (nSPS) is 20.4. The molecule has 0 spiro atoms. The average molecular weight is 203 g/mol. The summed E-state index contributed by atoms with van der Waals surface area (Å²) in [7, 11) is 0. The molecule has 80 valence electrons. The number of rotatable bonds is 4. The molecule has 1 N–H and O–H groups in total. The predicted molar refractivity (Wildman–Crippen MR) is 60.2 cm³/mol. The summed E-state index contributed by atoms with van der Waals surface area (Å²) in [6, 6.07) is 3.92. The molecule has 3 heteroatoms. The van der Waals surface area contributed by atoms with Crippen LogP contribution in [-0.4, -0.2) is 16.7 Å². The van der Waals surface area contributed by atoms with Crippen LogP contribution < -0.4 is 5.32 Å². The van der Waals surface area contributed by atoms with Gasteiger partial charge in [0, 0.05) is 12.7 Å². The van der Waals surface area contributed by atoms with Crippen molar-refractivity contribution in [2.75, 3.05) is 6.54 Å². The number of nitrogens with one attached hydrogen (secondary N) is 1. The minimum atomic E-state index is 0.798. The molecule has 0 radical (unpaired) electrons. The van der Waals surface area contributed by atoms with Gasteiger partial charge in [-0.25, -0.2) is 0 Å². The largest absolute Gasteiger partial charge is 0.311 e. The molecule has 0 aromatic carbocycles. The van der Waals surface area contributed by atoms with Crippen LogP contribution in [0, 0.1) is 5.92 Å². The van der Waals surface area contributed by atoms with Gasteiger partial charge in [0.2, 0.25) is 0 Å². The molecule has 1 aliphatic rings. The number of hydrogen-bond acceptors (Lipinski definition) is 3. The van der Waals surface area contributed by atoms with E-state index >= 15 is 0 Å². The molecule has 0 fully saturated rings. The zero-order valence-corrected chi connectivity index (χ0v) is 8.89. The van der Waals surface area contributed by atoms with Crippen LogP contribution in [0.4, 0.5) is 0 Å². The van der Waals surface area contributed by atoms with E-state index in [1.165, 1.54) is 19.3 Å². The van der Waals surface area contributed by atoms with Crippen LogP contribution in [-0.2, 0) is 6.54 Å². The fourth-order valence-electron chi connectivity index (χ4n) is 1.87. The molecule has 1 unspecified atom stereocenters. The van der Waals surface area contributed by atoms with E-state index < -0.39 is 0 Å². The third-order valence-electron chi connectivity index (χ3n) is 2.74. The standard InChI is InChI=1S/C12H17N3/c1-2-5-11(6-3-1)9-13-10-12-7-4-8-14-15-12/h1-2,4,7-8,11,13H,3,5-6,9-10H2. The van der Waals surface area contributed by atoms with Crippen molar-refractivity contribution in [3.63, 3.8) is 0 Å². The van der Waals surface area contributed by atoms with E-state index in [1.54, 1.807) is 6.20 Å². The number of hydrogen-bond donors (Lipinski definition) is 1. The van der Waals surface area contributed by atoms with Crippen LogP contribution in [0.1, 0.15) is 25.0 Å². The number of allylic oxidation sites excluding steroid dienone is 2. The molecule has 0 amide bonds. The quantitative estimate of drug-likeness (QED) is 0.760. The van der Waals surface area contributed by atoms with Crippen LogP contribution in [0.15, 0.2) is 30.5 Å². The summed E-state index contributed by atoms with van der Waals surface area (Å²) >= 11 is 0. The van der Waals surface area contributed by atoms with Gasteiger partial charge in [-0.3, -0.25) is 0 Å². The van der Waals surface area contributed by atoms with Gasteiger partial charge in [0.25, 0.3) is 0 Å². The smallest absolute Gasteiger partial charge is 0.0768 e. The minimum Gasteiger partial charge on any atom is -0.311 e. The van der Waals surface area contributed by atoms with Gasteiger partial charge in [-0.15, -0.1) is 0 Å². The maximum Gasteiger partial charge on any atom is 0.0768 e. The van der Waals surface area contributed by atoms with Gasteiger partial charge in [0.05, 0.1) is 5.69 Å². The number of aromatic nitrogens is 2. The molecule has 1 aromatic rings. The van der Waals surface area contributed by atoms with Gasteiger partial charge in [-0.05, 0) is 43.9 Å². The summed E-state index contributed by atoms with van der Waals surface area (Å²) in [4.78, 5) is 0. The number of nitrogens with zero attached hydrogens (tertiary/aromatic N) is 2. The van der Waals surface area contributed by atoms with E-state index in [0.29, 0.717) is 0 Å². The Bertz CT molecular complexity index is 308. The second kappa shape index (κ2) is 5.61. The van der Waals surface area contributed by atoms with Crippen LogP contribution in [0.2, 0.25) is 0 Å². The molecule has 15 heavy (non-hydrogen) atoms. The third kappa shape index (κ3) is 3.44. The molecule has 1 aliphatic carbocycles. The lowest BCUT2D eigenvalue weighted by atomic mass is 9.94. The Kier molecular flexibility index (Phi) is 3.85. The Labute approximate surface area is 90.6 Å². The maximum absolute atomic E-state index is 4.03. The van der Waals surface area contributed by atoms with Crippen molar-refractivity contribution in [2.24, 2.45) is 5.92 Å². The summed E-state index contributed by atoms with van der Waals surface area (Å²) in [6.07, 6.45) is 10.0. The monoisotopic (exact) mass is 203 g/mol. The molecular weight excluding hydrogens is 186 g/mol. The topological polar surface area (TPSA) is 37.8 Å². The fraction of sp³-hybridized carbons (Fsp3) is 0.500. The summed E-state index contributed by atoms with van der Waals surface area (Å²) < 4.78 is 0. The Hall–Kier alpha value is -1.22. The SMILES string of the molecule is C1=CCC(CNCc2cccnn2)CC1. The highest BCUT2D eigenvalue weighted by Crippen LogP contribution is 2.16. The first kappa shape index (κ1) is 10.3. The Morgan fingerprint density at radius 2 is 2.40 bits per heavy atom. The Morgan fingerprint density at radius 3 is 3.13 bits per heavy atom. The summed E-state index contributed by atoms with van der Waals surface area (Å²) in [5.74, 6) is 0.798. The molecule has 0 aliphatic heterocycles. The molecule has 2 rings (SSSR count). The van der Waals surface area contributed by atoms with Crippen LogP contribution in [0.3, 0.4) is 0 Å². The lowest BCUT2D eigenvalue weighted by Gasteiger charge is -2.17. The molecular formula is C12H17N3. The lowest BCUT2D eigenvalue weighted by molar-refractivity contribution is 0.438. The van der Waals surface area contributed by atoms with Gasteiger partial charge in [0.15, 0.2) is 0 Å². The second-order valence-electron chi connectivity index (χ2n) is 4.00. The van der Waals surface area contributed by atoms with E-state index in [2.05, 4.69) is 27.7 Å². The van der Waals surface area contributed by atoms with Crippen LogP contribution >= 0.6 is 0 Å². The van der Waals surface area contributed by atoms with Crippen molar-refractivity contribution in [1.29, 1.82) is 0 Å². The van der Waals surface area contributed by atoms with Gasteiger partial charge in [-0.2, -0.15) is 10.2 Å². The van der Waals surface area contributed by atoms with Crippen molar-refractivity contribution in [3.05, 3.63) is 36.2 Å². The van der Waals surface area contributed by atoms with Gasteiger partial charge in [-0.1, -0.05) is 12.2 Å². The Balaban J connectivity index is 1.68. The predicted octanol–water partition coefficient (Wildman–Crippen LogP) is 1.92. The summed E-state index contributed by atoms with van der Waals surface area (Å²) in [5.41, 5.74) is 1.02.